The maximum atomic E-state index is 9.66. The van der Waals surface area contributed by atoms with Crippen LogP contribution in [-0.2, 0) is 14.3 Å². The van der Waals surface area contributed by atoms with Crippen molar-refractivity contribution in [3.05, 3.63) is 0 Å². The van der Waals surface area contributed by atoms with Crippen LogP contribution in [0.1, 0.15) is 12.8 Å². The maximum absolute atomic E-state index is 9.66. The average Bonchev–Trinajstić information content (AvgIpc) is 2.19. The molecular formula is C5H8O3. The third kappa shape index (κ3) is 1.20. The summed E-state index contributed by atoms with van der Waals surface area (Å²) >= 11 is 0. The predicted molar refractivity (Wildman–Crippen MR) is 26.1 cm³/mol. The van der Waals surface area contributed by atoms with Gasteiger partial charge in [-0.15, -0.1) is 0 Å². The van der Waals surface area contributed by atoms with Gasteiger partial charge in [0.1, 0.15) is 0 Å². The van der Waals surface area contributed by atoms with E-state index in [4.69, 9.17) is 4.74 Å². The number of hydrogen-bond donors (Lipinski definition) is 0. The first-order chi connectivity index (χ1) is 3.93. The standard InChI is InChI=1S/C5H8O3/c6-4-8-5-2-1-3-7-5/h4-5H,1-3H2. The first-order valence-electron chi connectivity index (χ1n) is 2.64. The lowest BCUT2D eigenvalue weighted by Gasteiger charge is -2.03. The van der Waals surface area contributed by atoms with Gasteiger partial charge in [0.15, 0.2) is 0 Å². The van der Waals surface area contributed by atoms with Gasteiger partial charge in [-0.1, -0.05) is 0 Å². The largest absolute Gasteiger partial charge is 0.438 e. The van der Waals surface area contributed by atoms with Crippen LogP contribution in [0.25, 0.3) is 0 Å². The minimum atomic E-state index is -0.257. The molecule has 0 aromatic rings. The van der Waals surface area contributed by atoms with Crippen molar-refractivity contribution in [1.82, 2.24) is 0 Å². The SMILES string of the molecule is O=COC1CCCO1. The lowest BCUT2D eigenvalue weighted by molar-refractivity contribution is -0.153. The van der Waals surface area contributed by atoms with Crippen molar-refractivity contribution in [2.75, 3.05) is 6.61 Å². The van der Waals surface area contributed by atoms with Crippen molar-refractivity contribution in [3.63, 3.8) is 0 Å². The molecule has 3 heteroatoms. The summed E-state index contributed by atoms with van der Waals surface area (Å²) in [6.45, 7) is 1.15. The average molecular weight is 116 g/mol. The Morgan fingerprint density at radius 2 is 2.62 bits per heavy atom. The fourth-order valence-electron chi connectivity index (χ4n) is 0.717. The summed E-state index contributed by atoms with van der Waals surface area (Å²) in [7, 11) is 0. The van der Waals surface area contributed by atoms with Gasteiger partial charge >= 0.3 is 0 Å². The van der Waals surface area contributed by atoms with Crippen molar-refractivity contribution in [3.8, 4) is 0 Å². The van der Waals surface area contributed by atoms with Gasteiger partial charge in [-0.3, -0.25) is 4.79 Å². The zero-order chi connectivity index (χ0) is 5.82. The minimum absolute atomic E-state index is 0.257. The van der Waals surface area contributed by atoms with Crippen LogP contribution in [0.15, 0.2) is 0 Å². The summed E-state index contributed by atoms with van der Waals surface area (Å²) in [5, 5.41) is 0. The van der Waals surface area contributed by atoms with E-state index in [1.54, 1.807) is 0 Å². The predicted octanol–water partition coefficient (Wildman–Crippen LogP) is 0.296. The molecule has 0 spiro atoms. The van der Waals surface area contributed by atoms with Crippen molar-refractivity contribution in [1.29, 1.82) is 0 Å². The normalized spacial score (nSPS) is 27.8. The summed E-state index contributed by atoms with van der Waals surface area (Å²) in [5.41, 5.74) is 0. The van der Waals surface area contributed by atoms with E-state index in [-0.39, 0.29) is 6.29 Å². The Morgan fingerprint density at radius 3 is 3.12 bits per heavy atom. The first kappa shape index (κ1) is 5.56. The van der Waals surface area contributed by atoms with Crippen LogP contribution in [0.2, 0.25) is 0 Å². The first-order valence-corrected chi connectivity index (χ1v) is 2.64. The van der Waals surface area contributed by atoms with Crippen molar-refractivity contribution >= 4 is 6.47 Å². The van der Waals surface area contributed by atoms with Gasteiger partial charge in [0.05, 0.1) is 6.61 Å². The molecule has 1 aliphatic rings. The van der Waals surface area contributed by atoms with Crippen LogP contribution in [0, 0.1) is 0 Å². The second-order valence-corrected chi connectivity index (χ2v) is 1.67. The van der Waals surface area contributed by atoms with E-state index in [0.717, 1.165) is 19.4 Å². The number of rotatable bonds is 2. The monoisotopic (exact) mass is 116 g/mol. The van der Waals surface area contributed by atoms with Gasteiger partial charge in [0, 0.05) is 6.42 Å². The fraction of sp³-hybridized carbons (Fsp3) is 0.800. The highest BCUT2D eigenvalue weighted by Crippen LogP contribution is 2.11. The van der Waals surface area contributed by atoms with E-state index in [1.165, 1.54) is 0 Å². The smallest absolute Gasteiger partial charge is 0.295 e. The third-order valence-electron chi connectivity index (χ3n) is 1.10. The van der Waals surface area contributed by atoms with Gasteiger partial charge in [0.25, 0.3) is 6.47 Å². The zero-order valence-corrected chi connectivity index (χ0v) is 4.50. The summed E-state index contributed by atoms with van der Waals surface area (Å²) in [6, 6.07) is 0. The van der Waals surface area contributed by atoms with Gasteiger partial charge in [-0.05, 0) is 6.42 Å². The molecule has 0 N–H and O–H groups in total. The molecule has 0 saturated carbocycles. The van der Waals surface area contributed by atoms with E-state index in [9.17, 15) is 4.79 Å². The van der Waals surface area contributed by atoms with Gasteiger partial charge < -0.3 is 9.47 Å². The second-order valence-electron chi connectivity index (χ2n) is 1.67. The third-order valence-corrected chi connectivity index (χ3v) is 1.10. The van der Waals surface area contributed by atoms with Crippen LogP contribution in [0.5, 0.6) is 0 Å². The Morgan fingerprint density at radius 1 is 1.75 bits per heavy atom. The van der Waals surface area contributed by atoms with E-state index in [0.29, 0.717) is 6.47 Å². The van der Waals surface area contributed by atoms with E-state index in [1.807, 2.05) is 0 Å². The molecule has 0 amide bonds. The van der Waals surface area contributed by atoms with Crippen LogP contribution in [0.3, 0.4) is 0 Å². The molecule has 1 rings (SSSR count). The number of ether oxygens (including phenoxy) is 2. The Hall–Kier alpha value is -0.570. The molecule has 3 nitrogen and oxygen atoms in total. The van der Waals surface area contributed by atoms with Crippen molar-refractivity contribution in [2.24, 2.45) is 0 Å². The van der Waals surface area contributed by atoms with E-state index < -0.39 is 0 Å². The fourth-order valence-corrected chi connectivity index (χ4v) is 0.717. The molecule has 0 aliphatic carbocycles. The lowest BCUT2D eigenvalue weighted by atomic mass is 10.4. The summed E-state index contributed by atoms with van der Waals surface area (Å²) in [5.74, 6) is 0. The van der Waals surface area contributed by atoms with Gasteiger partial charge in [-0.25, -0.2) is 0 Å². The Balaban J connectivity index is 2.14. The molecular weight excluding hydrogens is 108 g/mol. The quantitative estimate of drug-likeness (QED) is 0.486. The van der Waals surface area contributed by atoms with Gasteiger partial charge in [0.2, 0.25) is 6.29 Å². The second kappa shape index (κ2) is 2.67. The molecule has 8 heavy (non-hydrogen) atoms. The van der Waals surface area contributed by atoms with Crippen LogP contribution in [0.4, 0.5) is 0 Å². The Kier molecular flexibility index (Phi) is 1.86. The molecule has 0 aromatic heterocycles. The molecule has 0 aromatic carbocycles. The molecule has 1 saturated heterocycles. The van der Waals surface area contributed by atoms with E-state index in [2.05, 4.69) is 4.74 Å². The molecule has 1 unspecified atom stereocenters. The molecule has 1 fully saturated rings. The Bertz CT molecular complexity index is 75.7. The van der Waals surface area contributed by atoms with Crippen LogP contribution in [-0.4, -0.2) is 19.4 Å². The number of carbonyl (C=O) groups is 1. The summed E-state index contributed by atoms with van der Waals surface area (Å²) in [6.07, 6.45) is 1.59. The molecule has 1 atom stereocenters. The lowest BCUT2D eigenvalue weighted by Crippen LogP contribution is -2.08. The minimum Gasteiger partial charge on any atom is -0.438 e. The summed E-state index contributed by atoms with van der Waals surface area (Å²) in [4.78, 5) is 9.66. The molecule has 46 valence electrons. The highest BCUT2D eigenvalue weighted by atomic mass is 16.7. The number of hydrogen-bond acceptors (Lipinski definition) is 3. The van der Waals surface area contributed by atoms with Crippen molar-refractivity contribution < 1.29 is 14.3 Å². The zero-order valence-electron chi connectivity index (χ0n) is 4.50. The van der Waals surface area contributed by atoms with E-state index >= 15 is 0 Å². The molecule has 0 bridgehead atoms. The molecule has 1 aliphatic heterocycles. The number of carbonyl (C=O) groups excluding carboxylic acids is 1. The maximum Gasteiger partial charge on any atom is 0.295 e. The summed E-state index contributed by atoms with van der Waals surface area (Å²) < 4.78 is 9.44. The van der Waals surface area contributed by atoms with Crippen LogP contribution < -0.4 is 0 Å². The molecule has 0 radical (unpaired) electrons. The van der Waals surface area contributed by atoms with Crippen molar-refractivity contribution in [2.45, 2.75) is 19.1 Å². The highest BCUT2D eigenvalue weighted by molar-refractivity contribution is 5.37. The topological polar surface area (TPSA) is 35.5 Å². The highest BCUT2D eigenvalue weighted by Gasteiger charge is 2.14. The van der Waals surface area contributed by atoms with Crippen LogP contribution >= 0.6 is 0 Å². The van der Waals surface area contributed by atoms with Gasteiger partial charge in [-0.2, -0.15) is 0 Å². The Labute approximate surface area is 47.6 Å². The molecule has 1 heterocycles.